The standard InChI is InChI=1S/C14H20N4S/c1-3-7-12-16-13(19-18-12)17-14(2,10-15)11-8-5-4-6-9-11/h4-6,8-9H,3,7,10,15H2,1-2H3,(H,16,17,18). The lowest BCUT2D eigenvalue weighted by Gasteiger charge is -2.29. The molecule has 0 radical (unpaired) electrons. The van der Waals surface area contributed by atoms with Crippen molar-refractivity contribution in [2.75, 3.05) is 11.9 Å². The van der Waals surface area contributed by atoms with Crippen molar-refractivity contribution in [3.05, 3.63) is 41.7 Å². The Morgan fingerprint density at radius 1 is 1.32 bits per heavy atom. The van der Waals surface area contributed by atoms with Crippen LogP contribution in [0.4, 0.5) is 5.13 Å². The van der Waals surface area contributed by atoms with Gasteiger partial charge in [-0.05, 0) is 18.9 Å². The van der Waals surface area contributed by atoms with Gasteiger partial charge in [0.2, 0.25) is 5.13 Å². The first kappa shape index (κ1) is 14.0. The van der Waals surface area contributed by atoms with Crippen molar-refractivity contribution in [3.63, 3.8) is 0 Å². The fourth-order valence-electron chi connectivity index (χ4n) is 1.91. The SMILES string of the molecule is CCCc1nsc(NC(C)(CN)c2ccccc2)n1. The topological polar surface area (TPSA) is 63.8 Å². The molecule has 0 amide bonds. The predicted octanol–water partition coefficient (Wildman–Crippen LogP) is 2.78. The maximum Gasteiger partial charge on any atom is 0.203 e. The average Bonchev–Trinajstić information content (AvgIpc) is 2.87. The number of nitrogens with zero attached hydrogens (tertiary/aromatic N) is 2. The van der Waals surface area contributed by atoms with E-state index in [0.29, 0.717) is 6.54 Å². The monoisotopic (exact) mass is 276 g/mol. The molecule has 19 heavy (non-hydrogen) atoms. The summed E-state index contributed by atoms with van der Waals surface area (Å²) in [5.41, 5.74) is 6.79. The van der Waals surface area contributed by atoms with E-state index in [4.69, 9.17) is 5.73 Å². The Hall–Kier alpha value is -1.46. The van der Waals surface area contributed by atoms with E-state index in [1.165, 1.54) is 11.5 Å². The van der Waals surface area contributed by atoms with Crippen molar-refractivity contribution in [3.8, 4) is 0 Å². The average molecular weight is 276 g/mol. The van der Waals surface area contributed by atoms with Gasteiger partial charge < -0.3 is 11.1 Å². The third-order valence-electron chi connectivity index (χ3n) is 3.14. The Balaban J connectivity index is 2.18. The molecule has 0 aliphatic heterocycles. The molecule has 0 aliphatic carbocycles. The van der Waals surface area contributed by atoms with Gasteiger partial charge in [-0.3, -0.25) is 0 Å². The van der Waals surface area contributed by atoms with E-state index < -0.39 is 0 Å². The van der Waals surface area contributed by atoms with Crippen LogP contribution in [0.3, 0.4) is 0 Å². The molecule has 2 aromatic rings. The van der Waals surface area contributed by atoms with Gasteiger partial charge in [-0.15, -0.1) is 0 Å². The Kier molecular flexibility index (Phi) is 4.50. The van der Waals surface area contributed by atoms with Crippen molar-refractivity contribution >= 4 is 16.7 Å². The van der Waals surface area contributed by atoms with Gasteiger partial charge in [-0.25, -0.2) is 4.98 Å². The number of nitrogens with one attached hydrogen (secondary N) is 1. The van der Waals surface area contributed by atoms with Crippen LogP contribution in [0.2, 0.25) is 0 Å². The highest BCUT2D eigenvalue weighted by atomic mass is 32.1. The third kappa shape index (κ3) is 3.30. The normalized spacial score (nSPS) is 14.1. The highest BCUT2D eigenvalue weighted by molar-refractivity contribution is 7.09. The predicted molar refractivity (Wildman–Crippen MR) is 80.4 cm³/mol. The summed E-state index contributed by atoms with van der Waals surface area (Å²) in [5.74, 6) is 0.905. The first-order valence-electron chi connectivity index (χ1n) is 6.54. The van der Waals surface area contributed by atoms with Crippen LogP contribution in [0, 0.1) is 0 Å². The van der Waals surface area contributed by atoms with E-state index >= 15 is 0 Å². The summed E-state index contributed by atoms with van der Waals surface area (Å²) in [4.78, 5) is 4.50. The quantitative estimate of drug-likeness (QED) is 0.851. The molecule has 1 aromatic carbocycles. The summed E-state index contributed by atoms with van der Waals surface area (Å²) in [6, 6.07) is 10.2. The number of benzene rings is 1. The highest BCUT2D eigenvalue weighted by Crippen LogP contribution is 2.26. The van der Waals surface area contributed by atoms with Crippen LogP contribution in [0.5, 0.6) is 0 Å². The van der Waals surface area contributed by atoms with Crippen molar-refractivity contribution in [1.29, 1.82) is 0 Å². The van der Waals surface area contributed by atoms with Crippen LogP contribution in [0.15, 0.2) is 30.3 Å². The summed E-state index contributed by atoms with van der Waals surface area (Å²) >= 11 is 1.40. The van der Waals surface area contributed by atoms with Gasteiger partial charge in [0.15, 0.2) is 0 Å². The Bertz CT molecular complexity index is 511. The maximum absolute atomic E-state index is 5.95. The van der Waals surface area contributed by atoms with Crippen molar-refractivity contribution in [1.82, 2.24) is 9.36 Å². The zero-order valence-electron chi connectivity index (χ0n) is 11.4. The molecule has 3 N–H and O–H groups in total. The molecule has 102 valence electrons. The van der Waals surface area contributed by atoms with Gasteiger partial charge in [-0.1, -0.05) is 37.3 Å². The molecule has 1 atom stereocenters. The minimum Gasteiger partial charge on any atom is -0.350 e. The number of hydrogen-bond acceptors (Lipinski definition) is 5. The molecule has 0 fully saturated rings. The molecule has 0 bridgehead atoms. The lowest BCUT2D eigenvalue weighted by atomic mass is 9.92. The second-order valence-electron chi connectivity index (χ2n) is 4.79. The number of aromatic nitrogens is 2. The Morgan fingerprint density at radius 3 is 2.68 bits per heavy atom. The molecule has 5 heteroatoms. The van der Waals surface area contributed by atoms with Crippen LogP contribution in [0.25, 0.3) is 0 Å². The number of hydrogen-bond donors (Lipinski definition) is 2. The zero-order chi connectivity index (χ0) is 13.7. The van der Waals surface area contributed by atoms with Gasteiger partial charge in [0.1, 0.15) is 5.82 Å². The molecule has 0 spiro atoms. The summed E-state index contributed by atoms with van der Waals surface area (Å²) in [5, 5.41) is 4.25. The minimum atomic E-state index is -0.315. The van der Waals surface area contributed by atoms with Gasteiger partial charge in [0.25, 0.3) is 0 Å². The van der Waals surface area contributed by atoms with Crippen LogP contribution in [0.1, 0.15) is 31.7 Å². The highest BCUT2D eigenvalue weighted by Gasteiger charge is 2.25. The van der Waals surface area contributed by atoms with Crippen molar-refractivity contribution < 1.29 is 0 Å². The summed E-state index contributed by atoms with van der Waals surface area (Å²) in [6.45, 7) is 4.71. The molecule has 2 rings (SSSR count). The lowest BCUT2D eigenvalue weighted by Crippen LogP contribution is -2.39. The molecule has 0 saturated carbocycles. The molecule has 1 heterocycles. The van der Waals surface area contributed by atoms with E-state index in [-0.39, 0.29) is 5.54 Å². The third-order valence-corrected chi connectivity index (χ3v) is 3.81. The second-order valence-corrected chi connectivity index (χ2v) is 5.54. The van der Waals surface area contributed by atoms with Crippen LogP contribution < -0.4 is 11.1 Å². The Morgan fingerprint density at radius 2 is 2.05 bits per heavy atom. The molecular formula is C14H20N4S. The van der Waals surface area contributed by atoms with E-state index in [9.17, 15) is 0 Å². The number of rotatable bonds is 6. The lowest BCUT2D eigenvalue weighted by molar-refractivity contribution is 0.556. The molecule has 0 aliphatic rings. The van der Waals surface area contributed by atoms with E-state index in [0.717, 1.165) is 29.4 Å². The number of aryl methyl sites for hydroxylation is 1. The largest absolute Gasteiger partial charge is 0.350 e. The fourth-order valence-corrected chi connectivity index (χ4v) is 2.65. The van der Waals surface area contributed by atoms with Crippen LogP contribution >= 0.6 is 11.5 Å². The first-order valence-corrected chi connectivity index (χ1v) is 7.31. The first-order chi connectivity index (χ1) is 9.18. The smallest absolute Gasteiger partial charge is 0.203 e. The summed E-state index contributed by atoms with van der Waals surface area (Å²) < 4.78 is 4.35. The maximum atomic E-state index is 5.95. The number of anilines is 1. The van der Waals surface area contributed by atoms with Gasteiger partial charge in [0, 0.05) is 24.5 Å². The molecule has 0 saturated heterocycles. The summed E-state index contributed by atoms with van der Waals surface area (Å²) in [7, 11) is 0. The van der Waals surface area contributed by atoms with Gasteiger partial charge >= 0.3 is 0 Å². The van der Waals surface area contributed by atoms with Gasteiger partial charge in [0.05, 0.1) is 5.54 Å². The van der Waals surface area contributed by atoms with Crippen molar-refractivity contribution in [2.45, 2.75) is 32.2 Å². The minimum absolute atomic E-state index is 0.315. The second kappa shape index (κ2) is 6.12. The van der Waals surface area contributed by atoms with Crippen LogP contribution in [-0.2, 0) is 12.0 Å². The van der Waals surface area contributed by atoms with Gasteiger partial charge in [-0.2, -0.15) is 4.37 Å². The number of nitrogens with two attached hydrogens (primary N) is 1. The molecular weight excluding hydrogens is 256 g/mol. The zero-order valence-corrected chi connectivity index (χ0v) is 12.2. The van der Waals surface area contributed by atoms with E-state index in [1.54, 1.807) is 0 Å². The van der Waals surface area contributed by atoms with E-state index in [1.807, 2.05) is 18.2 Å². The molecule has 1 unspecified atom stereocenters. The Labute approximate surface area is 118 Å². The van der Waals surface area contributed by atoms with Crippen molar-refractivity contribution in [2.24, 2.45) is 5.73 Å². The molecule has 4 nitrogen and oxygen atoms in total. The fraction of sp³-hybridized carbons (Fsp3) is 0.429. The molecule has 1 aromatic heterocycles. The van der Waals surface area contributed by atoms with E-state index in [2.05, 4.69) is 40.7 Å². The summed E-state index contributed by atoms with van der Waals surface area (Å²) in [6.07, 6.45) is 1.98. The van der Waals surface area contributed by atoms with Crippen LogP contribution in [-0.4, -0.2) is 15.9 Å².